The van der Waals surface area contributed by atoms with E-state index in [-0.39, 0.29) is 5.97 Å². The number of halogens is 1. The van der Waals surface area contributed by atoms with Crippen LogP contribution >= 0.6 is 27.7 Å². The van der Waals surface area contributed by atoms with Crippen molar-refractivity contribution in [3.63, 3.8) is 0 Å². The van der Waals surface area contributed by atoms with E-state index in [4.69, 9.17) is 4.74 Å². The van der Waals surface area contributed by atoms with Gasteiger partial charge < -0.3 is 4.74 Å². The highest BCUT2D eigenvalue weighted by Crippen LogP contribution is 2.08. The van der Waals surface area contributed by atoms with Gasteiger partial charge in [0.05, 0.1) is 0 Å². The van der Waals surface area contributed by atoms with Crippen LogP contribution in [0.4, 0.5) is 0 Å². The molecule has 13 heavy (non-hydrogen) atoms. The Morgan fingerprint density at radius 1 is 1.46 bits per heavy atom. The van der Waals surface area contributed by atoms with Crippen LogP contribution in [0.2, 0.25) is 0 Å². The summed E-state index contributed by atoms with van der Waals surface area (Å²) >= 11 is 5.04. The Labute approximate surface area is 91.3 Å². The lowest BCUT2D eigenvalue weighted by Gasteiger charge is -2.25. The van der Waals surface area contributed by atoms with Crippen LogP contribution in [-0.4, -0.2) is 53.9 Å². The van der Waals surface area contributed by atoms with E-state index < -0.39 is 0 Å². The summed E-state index contributed by atoms with van der Waals surface area (Å²) in [6.07, 6.45) is 0. The van der Waals surface area contributed by atoms with Crippen molar-refractivity contribution in [1.82, 2.24) is 4.90 Å². The van der Waals surface area contributed by atoms with E-state index >= 15 is 0 Å². The van der Waals surface area contributed by atoms with Crippen LogP contribution in [0.3, 0.4) is 0 Å². The van der Waals surface area contributed by atoms with E-state index in [1.54, 1.807) is 0 Å². The van der Waals surface area contributed by atoms with Gasteiger partial charge in [-0.15, -0.1) is 0 Å². The van der Waals surface area contributed by atoms with Crippen LogP contribution in [0.5, 0.6) is 0 Å². The predicted molar refractivity (Wildman–Crippen MR) is 58.5 cm³/mol. The molecule has 0 saturated carbocycles. The van der Waals surface area contributed by atoms with Crippen molar-refractivity contribution in [2.45, 2.75) is 0 Å². The first-order valence-electron chi connectivity index (χ1n) is 4.34. The van der Waals surface area contributed by atoms with E-state index in [1.807, 2.05) is 11.8 Å². The van der Waals surface area contributed by atoms with Crippen molar-refractivity contribution in [1.29, 1.82) is 0 Å². The zero-order valence-corrected chi connectivity index (χ0v) is 9.90. The summed E-state index contributed by atoms with van der Waals surface area (Å²) in [7, 11) is 0. The quantitative estimate of drug-likeness (QED) is 0.561. The lowest BCUT2D eigenvalue weighted by Crippen LogP contribution is -2.35. The first-order chi connectivity index (χ1) is 6.33. The third-order valence-electron chi connectivity index (χ3n) is 1.88. The van der Waals surface area contributed by atoms with Gasteiger partial charge >= 0.3 is 5.97 Å². The van der Waals surface area contributed by atoms with Gasteiger partial charge in [0.1, 0.15) is 11.9 Å². The summed E-state index contributed by atoms with van der Waals surface area (Å²) in [5.74, 6) is 2.23. The molecule has 0 amide bonds. The highest BCUT2D eigenvalue weighted by Gasteiger charge is 2.10. The molecule has 5 heteroatoms. The van der Waals surface area contributed by atoms with Gasteiger partial charge in [-0.05, 0) is 0 Å². The second-order valence-electron chi connectivity index (χ2n) is 2.81. The Kier molecular flexibility index (Phi) is 5.82. The number of carbonyl (C=O) groups is 1. The molecule has 3 nitrogen and oxygen atoms in total. The summed E-state index contributed by atoms with van der Waals surface area (Å²) in [5, 5.41) is 0.294. The summed E-state index contributed by atoms with van der Waals surface area (Å²) < 4.78 is 4.96. The number of carbonyl (C=O) groups excluding carboxylic acids is 1. The van der Waals surface area contributed by atoms with Crippen molar-refractivity contribution in [3.05, 3.63) is 0 Å². The van der Waals surface area contributed by atoms with Gasteiger partial charge in [-0.2, -0.15) is 11.8 Å². The average molecular weight is 268 g/mol. The fraction of sp³-hybridized carbons (Fsp3) is 0.875. The molecule has 0 aliphatic carbocycles. The zero-order valence-electron chi connectivity index (χ0n) is 7.50. The molecule has 1 aliphatic rings. The van der Waals surface area contributed by atoms with E-state index in [9.17, 15) is 4.79 Å². The Hall–Kier alpha value is 0.260. The van der Waals surface area contributed by atoms with Crippen LogP contribution in [0.25, 0.3) is 0 Å². The van der Waals surface area contributed by atoms with Crippen molar-refractivity contribution in [2.24, 2.45) is 0 Å². The number of rotatable bonds is 4. The molecule has 0 aromatic heterocycles. The Balaban J connectivity index is 2.01. The molecule has 1 rings (SSSR count). The molecular formula is C8H14BrNO2S. The zero-order chi connectivity index (χ0) is 9.52. The van der Waals surface area contributed by atoms with Crippen molar-refractivity contribution >= 4 is 33.7 Å². The number of thioether (sulfide) groups is 1. The average Bonchev–Trinajstić information content (AvgIpc) is 2.19. The van der Waals surface area contributed by atoms with Crippen LogP contribution in [0.1, 0.15) is 0 Å². The molecular weight excluding hydrogens is 254 g/mol. The van der Waals surface area contributed by atoms with Gasteiger partial charge in [0.15, 0.2) is 0 Å². The highest BCUT2D eigenvalue weighted by molar-refractivity contribution is 9.09. The standard InChI is InChI=1S/C8H14BrNO2S/c9-7-8(11)12-4-1-10-2-5-13-6-3-10/h1-7H2. The van der Waals surface area contributed by atoms with Crippen LogP contribution in [0.15, 0.2) is 0 Å². The van der Waals surface area contributed by atoms with Crippen molar-refractivity contribution in [2.75, 3.05) is 43.1 Å². The fourth-order valence-corrected chi connectivity index (χ4v) is 2.29. The summed E-state index contributed by atoms with van der Waals surface area (Å²) in [6, 6.07) is 0. The first-order valence-corrected chi connectivity index (χ1v) is 6.62. The van der Waals surface area contributed by atoms with Crippen LogP contribution in [0, 0.1) is 0 Å². The molecule has 0 aromatic rings. The van der Waals surface area contributed by atoms with Gasteiger partial charge in [-0.1, -0.05) is 15.9 Å². The third kappa shape index (κ3) is 4.88. The topological polar surface area (TPSA) is 29.5 Å². The summed E-state index contributed by atoms with van der Waals surface area (Å²) in [5.41, 5.74) is 0. The number of ether oxygens (including phenoxy) is 1. The number of esters is 1. The maximum atomic E-state index is 10.8. The molecule has 1 saturated heterocycles. The Morgan fingerprint density at radius 3 is 2.77 bits per heavy atom. The van der Waals surface area contributed by atoms with Crippen LogP contribution < -0.4 is 0 Å². The SMILES string of the molecule is O=C(CBr)OCCN1CCSCC1. The molecule has 0 radical (unpaired) electrons. The number of hydrogen-bond acceptors (Lipinski definition) is 4. The molecule has 0 N–H and O–H groups in total. The largest absolute Gasteiger partial charge is 0.464 e. The Morgan fingerprint density at radius 2 is 2.15 bits per heavy atom. The van der Waals surface area contributed by atoms with Gasteiger partial charge in [0, 0.05) is 31.1 Å². The number of nitrogens with zero attached hydrogens (tertiary/aromatic N) is 1. The summed E-state index contributed by atoms with van der Waals surface area (Å²) in [4.78, 5) is 13.1. The molecule has 1 aliphatic heterocycles. The highest BCUT2D eigenvalue weighted by atomic mass is 79.9. The third-order valence-corrected chi connectivity index (χ3v) is 3.28. The fourth-order valence-electron chi connectivity index (χ4n) is 1.15. The first kappa shape index (κ1) is 11.3. The van der Waals surface area contributed by atoms with Crippen LogP contribution in [-0.2, 0) is 9.53 Å². The molecule has 0 spiro atoms. The molecule has 0 aromatic carbocycles. The minimum atomic E-state index is -0.175. The maximum Gasteiger partial charge on any atom is 0.316 e. The molecule has 1 fully saturated rings. The monoisotopic (exact) mass is 267 g/mol. The number of alkyl halides is 1. The predicted octanol–water partition coefficient (Wildman–Crippen LogP) is 0.973. The second-order valence-corrected chi connectivity index (χ2v) is 4.59. The smallest absolute Gasteiger partial charge is 0.316 e. The van der Waals surface area contributed by atoms with E-state index in [0.717, 1.165) is 19.6 Å². The van der Waals surface area contributed by atoms with E-state index in [0.29, 0.717) is 11.9 Å². The molecule has 0 atom stereocenters. The lowest BCUT2D eigenvalue weighted by atomic mass is 10.5. The summed E-state index contributed by atoms with van der Waals surface area (Å²) in [6.45, 7) is 3.64. The van der Waals surface area contributed by atoms with Gasteiger partial charge in [0.2, 0.25) is 0 Å². The Bertz CT molecular complexity index is 162. The molecule has 1 heterocycles. The van der Waals surface area contributed by atoms with Gasteiger partial charge in [-0.3, -0.25) is 9.69 Å². The normalized spacial score (nSPS) is 18.5. The molecule has 0 unspecified atom stereocenters. The second kappa shape index (κ2) is 6.68. The van der Waals surface area contributed by atoms with Gasteiger partial charge in [0.25, 0.3) is 0 Å². The maximum absolute atomic E-state index is 10.8. The lowest BCUT2D eigenvalue weighted by molar-refractivity contribution is -0.140. The van der Waals surface area contributed by atoms with E-state index in [2.05, 4.69) is 20.8 Å². The molecule has 0 bridgehead atoms. The number of hydrogen-bond donors (Lipinski definition) is 0. The van der Waals surface area contributed by atoms with Gasteiger partial charge in [-0.25, -0.2) is 0 Å². The van der Waals surface area contributed by atoms with Crippen molar-refractivity contribution in [3.8, 4) is 0 Å². The van der Waals surface area contributed by atoms with E-state index in [1.165, 1.54) is 11.5 Å². The van der Waals surface area contributed by atoms with Crippen molar-refractivity contribution < 1.29 is 9.53 Å². The minimum absolute atomic E-state index is 0.175. The molecule has 76 valence electrons. The minimum Gasteiger partial charge on any atom is -0.464 e.